The highest BCUT2D eigenvalue weighted by Crippen LogP contribution is 2.40. The van der Waals surface area contributed by atoms with Crippen molar-refractivity contribution < 1.29 is 14.3 Å². The second-order valence-electron chi connectivity index (χ2n) is 7.76. The molecule has 5 nitrogen and oxygen atoms in total. The molecule has 1 aromatic rings. The Morgan fingerprint density at radius 1 is 1.13 bits per heavy atom. The summed E-state index contributed by atoms with van der Waals surface area (Å²) in [5.74, 6) is 0.565. The van der Waals surface area contributed by atoms with Crippen molar-refractivity contribution in [3.8, 4) is 5.75 Å². The molecule has 1 N–H and O–H groups in total. The Labute approximate surface area is 138 Å². The summed E-state index contributed by atoms with van der Waals surface area (Å²) in [4.78, 5) is 11.8. The van der Waals surface area contributed by atoms with Gasteiger partial charge in [0.2, 0.25) is 0 Å². The summed E-state index contributed by atoms with van der Waals surface area (Å²) in [5, 5.41) is 13.9. The number of hydrogen-bond donors (Lipinski definition) is 1. The zero-order valence-corrected chi connectivity index (χ0v) is 15.4. The molecule has 1 aromatic carbocycles. The highest BCUT2D eigenvalue weighted by Gasteiger charge is 2.29. The quantitative estimate of drug-likeness (QED) is 0.392. The van der Waals surface area contributed by atoms with Crippen molar-refractivity contribution in [3.05, 3.63) is 34.0 Å². The van der Waals surface area contributed by atoms with Crippen molar-refractivity contribution in [1.82, 2.24) is 5.32 Å². The number of nitrogens with zero attached hydrogens (tertiary/aromatic N) is 1. The minimum atomic E-state index is -0.501. The average Bonchev–Trinajstić information content (AvgIpc) is 2.36. The van der Waals surface area contributed by atoms with E-state index in [2.05, 4.69) is 46.9 Å². The van der Waals surface area contributed by atoms with Crippen molar-refractivity contribution in [1.29, 1.82) is 0 Å². The highest BCUT2D eigenvalue weighted by molar-refractivity contribution is 5.79. The lowest BCUT2D eigenvalue weighted by atomic mass is 9.78. The van der Waals surface area contributed by atoms with Gasteiger partial charge in [-0.15, -0.1) is 0 Å². The number of nitrogens with one attached hydrogen (secondary N) is 1. The van der Waals surface area contributed by atoms with Gasteiger partial charge in [0.05, 0.1) is 0 Å². The topological polar surface area (TPSA) is 64.4 Å². The average molecular weight is 320 g/mol. The maximum absolute atomic E-state index is 11.8. The molecule has 128 valence electrons. The van der Waals surface area contributed by atoms with Crippen LogP contribution in [0.4, 0.5) is 4.79 Å². The fraction of sp³-hybridized carbons (Fsp3) is 0.556. The molecule has 0 aliphatic heterocycles. The van der Waals surface area contributed by atoms with E-state index in [4.69, 9.17) is 4.74 Å². The Hall–Kier alpha value is -2.04. The van der Waals surface area contributed by atoms with Gasteiger partial charge in [-0.3, -0.25) is 0 Å². The lowest BCUT2D eigenvalue weighted by molar-refractivity contribution is -0.416. The van der Waals surface area contributed by atoms with Crippen LogP contribution >= 0.6 is 0 Å². The fourth-order valence-electron chi connectivity index (χ4n) is 2.30. The van der Waals surface area contributed by atoms with E-state index in [1.807, 2.05) is 12.1 Å². The molecule has 0 heterocycles. The smallest absolute Gasteiger partial charge is 0.412 e. The largest absolute Gasteiger partial charge is 0.624 e. The SMILES string of the molecule is CNC(=O)Oc1c(C(C)(C)C)cc(/C=[N+](/C)[O-])cc1C(C)(C)C. The normalized spacial score (nSPS) is 13.0. The number of benzene rings is 1. The first-order valence-electron chi connectivity index (χ1n) is 7.69. The standard InChI is InChI=1S/C18H28N2O3/c1-17(2,3)13-9-12(11-20(8)22)10-14(18(4,5)6)15(13)23-16(21)19-7/h9-11H,1-8H3,(H,19,21)/b20-11-. The van der Waals surface area contributed by atoms with Crippen LogP contribution < -0.4 is 10.1 Å². The number of carbonyl (C=O) groups is 1. The van der Waals surface area contributed by atoms with Crippen LogP contribution in [0, 0.1) is 5.21 Å². The predicted molar refractivity (Wildman–Crippen MR) is 93.6 cm³/mol. The molecule has 0 saturated heterocycles. The highest BCUT2D eigenvalue weighted by atomic mass is 16.6. The summed E-state index contributed by atoms with van der Waals surface area (Å²) in [6.45, 7) is 12.3. The summed E-state index contributed by atoms with van der Waals surface area (Å²) in [7, 11) is 2.98. The van der Waals surface area contributed by atoms with Crippen LogP contribution in [0.25, 0.3) is 0 Å². The lowest BCUT2D eigenvalue weighted by Gasteiger charge is -2.29. The van der Waals surface area contributed by atoms with Gasteiger partial charge in [0, 0.05) is 23.7 Å². The number of ether oxygens (including phenoxy) is 1. The van der Waals surface area contributed by atoms with Crippen LogP contribution in [0.2, 0.25) is 0 Å². The van der Waals surface area contributed by atoms with E-state index in [0.717, 1.165) is 21.4 Å². The van der Waals surface area contributed by atoms with Gasteiger partial charge < -0.3 is 15.3 Å². The molecule has 1 rings (SSSR count). The number of hydroxylamine groups is 1. The Kier molecular flexibility index (Phi) is 5.46. The van der Waals surface area contributed by atoms with E-state index in [-0.39, 0.29) is 10.8 Å². The van der Waals surface area contributed by atoms with Gasteiger partial charge in [0.25, 0.3) is 0 Å². The first-order valence-corrected chi connectivity index (χ1v) is 7.69. The van der Waals surface area contributed by atoms with E-state index in [9.17, 15) is 10.0 Å². The van der Waals surface area contributed by atoms with Crippen LogP contribution in [0.3, 0.4) is 0 Å². The predicted octanol–water partition coefficient (Wildman–Crippen LogP) is 3.56. The molecule has 0 aromatic heterocycles. The molecular formula is C18H28N2O3. The van der Waals surface area contributed by atoms with Crippen molar-refractivity contribution in [2.24, 2.45) is 0 Å². The molecule has 0 bridgehead atoms. The zero-order valence-electron chi connectivity index (χ0n) is 15.4. The van der Waals surface area contributed by atoms with Gasteiger partial charge >= 0.3 is 6.09 Å². The van der Waals surface area contributed by atoms with Gasteiger partial charge in [-0.05, 0) is 23.0 Å². The number of amides is 1. The molecule has 0 fully saturated rings. The molecule has 0 radical (unpaired) electrons. The fourth-order valence-corrected chi connectivity index (χ4v) is 2.30. The van der Waals surface area contributed by atoms with Crippen molar-refractivity contribution in [2.75, 3.05) is 14.1 Å². The van der Waals surface area contributed by atoms with E-state index < -0.39 is 6.09 Å². The molecule has 0 spiro atoms. The summed E-state index contributed by atoms with van der Waals surface area (Å²) >= 11 is 0. The molecule has 0 aliphatic carbocycles. The third-order valence-electron chi connectivity index (χ3n) is 3.46. The minimum absolute atomic E-state index is 0.241. The van der Waals surface area contributed by atoms with Gasteiger partial charge in [-0.2, -0.15) is 0 Å². The van der Waals surface area contributed by atoms with Crippen LogP contribution in [0.1, 0.15) is 58.2 Å². The van der Waals surface area contributed by atoms with Crippen LogP contribution in [-0.4, -0.2) is 31.1 Å². The summed E-state index contributed by atoms with van der Waals surface area (Å²) < 4.78 is 6.35. The molecular weight excluding hydrogens is 292 g/mol. The van der Waals surface area contributed by atoms with Crippen LogP contribution in [-0.2, 0) is 10.8 Å². The molecule has 0 atom stereocenters. The maximum atomic E-state index is 11.8. The minimum Gasteiger partial charge on any atom is -0.624 e. The Morgan fingerprint density at radius 2 is 1.57 bits per heavy atom. The number of hydrogen-bond acceptors (Lipinski definition) is 3. The molecule has 23 heavy (non-hydrogen) atoms. The maximum Gasteiger partial charge on any atom is 0.412 e. The van der Waals surface area contributed by atoms with E-state index in [1.54, 1.807) is 0 Å². The van der Waals surface area contributed by atoms with Gasteiger partial charge in [0.15, 0.2) is 6.21 Å². The third kappa shape index (κ3) is 4.98. The molecule has 0 saturated carbocycles. The summed E-state index contributed by atoms with van der Waals surface area (Å²) in [6, 6.07) is 3.81. The summed E-state index contributed by atoms with van der Waals surface area (Å²) in [5.41, 5.74) is 2.09. The first kappa shape index (κ1) is 19.0. The van der Waals surface area contributed by atoms with Gasteiger partial charge in [-0.25, -0.2) is 9.53 Å². The number of carbonyl (C=O) groups excluding carboxylic acids is 1. The Balaban J connectivity index is 3.74. The lowest BCUT2D eigenvalue weighted by Crippen LogP contribution is -2.27. The molecule has 5 heteroatoms. The summed E-state index contributed by atoms with van der Waals surface area (Å²) in [6.07, 6.45) is 1.02. The van der Waals surface area contributed by atoms with E-state index in [1.165, 1.54) is 20.3 Å². The molecule has 1 amide bonds. The Bertz CT molecular complexity index is 581. The second kappa shape index (κ2) is 6.60. The van der Waals surface area contributed by atoms with Gasteiger partial charge in [0.1, 0.15) is 12.8 Å². The van der Waals surface area contributed by atoms with Gasteiger partial charge in [-0.1, -0.05) is 41.5 Å². The van der Waals surface area contributed by atoms with Crippen LogP contribution in [0.5, 0.6) is 5.75 Å². The monoisotopic (exact) mass is 320 g/mol. The molecule has 0 aliphatic rings. The van der Waals surface area contributed by atoms with Crippen molar-refractivity contribution in [3.63, 3.8) is 0 Å². The van der Waals surface area contributed by atoms with Crippen LogP contribution in [0.15, 0.2) is 12.1 Å². The van der Waals surface area contributed by atoms with Crippen molar-refractivity contribution >= 4 is 12.3 Å². The van der Waals surface area contributed by atoms with Crippen molar-refractivity contribution in [2.45, 2.75) is 52.4 Å². The zero-order chi connectivity index (χ0) is 18.0. The molecule has 0 unspecified atom stereocenters. The first-order chi connectivity index (χ1) is 10.4. The van der Waals surface area contributed by atoms with E-state index in [0.29, 0.717) is 5.75 Å². The number of rotatable bonds is 2. The van der Waals surface area contributed by atoms with E-state index >= 15 is 0 Å². The Morgan fingerprint density at radius 3 is 1.87 bits per heavy atom. The third-order valence-corrected chi connectivity index (χ3v) is 3.46. The second-order valence-corrected chi connectivity index (χ2v) is 7.76.